The number of anilines is 2. The number of aromatic nitrogens is 1. The van der Waals surface area contributed by atoms with Gasteiger partial charge < -0.3 is 24.2 Å². The van der Waals surface area contributed by atoms with E-state index in [1.807, 2.05) is 0 Å². The van der Waals surface area contributed by atoms with E-state index < -0.39 is 23.8 Å². The molecule has 6 rings (SSSR count). The zero-order valence-electron chi connectivity index (χ0n) is 23.0. The molecule has 0 bridgehead atoms. The van der Waals surface area contributed by atoms with Gasteiger partial charge in [-0.1, -0.05) is 24.3 Å². The van der Waals surface area contributed by atoms with Crippen molar-refractivity contribution in [3.8, 4) is 28.0 Å². The molecule has 0 unspecified atom stereocenters. The van der Waals surface area contributed by atoms with Gasteiger partial charge in [-0.2, -0.15) is 5.26 Å². The lowest BCUT2D eigenvalue weighted by atomic mass is 10.0. The van der Waals surface area contributed by atoms with Gasteiger partial charge in [0.25, 0.3) is 12.0 Å². The summed E-state index contributed by atoms with van der Waals surface area (Å²) in [5, 5.41) is 18.9. The highest BCUT2D eigenvalue weighted by Gasteiger charge is 2.27. The summed E-state index contributed by atoms with van der Waals surface area (Å²) in [4.78, 5) is 39.6. The molecule has 1 N–H and O–H groups in total. The zero-order chi connectivity index (χ0) is 30.1. The number of para-hydroxylation sites is 1. The minimum absolute atomic E-state index is 0.122. The maximum Gasteiger partial charge on any atom is 0.349 e. The molecule has 2 aliphatic rings. The summed E-state index contributed by atoms with van der Waals surface area (Å²) in [7, 11) is 0. The Labute approximate surface area is 253 Å². The standard InChI is InChI=1S/C31H25N3O7S2/c1-2-33-22-6-4-3-5-18(22)7-8-19-13-20(9-10-23(19)33)28-27-26(40-11-12-41-27)24(42-28)14-25-29(36)34(16-39-17-35)30(43-25)21(15-32)31(37)38/h3-6,9-10,13-14,17H,2,7-8,11-12,16H2,1H3,(H,37,38)/b25-14+,30-21+. The smallest absolute Gasteiger partial charge is 0.349 e. The highest BCUT2D eigenvalue weighted by Crippen LogP contribution is 2.50. The fourth-order valence-corrected chi connectivity index (χ4v) is 7.68. The number of aryl methyl sites for hydroxylation is 2. The van der Waals surface area contributed by atoms with Crippen LogP contribution in [0.5, 0.6) is 11.5 Å². The number of thiophene rings is 1. The molecular weight excluding hydrogens is 590 g/mol. The molecule has 0 radical (unpaired) electrons. The number of hydrogen-bond donors (Lipinski definition) is 1. The molecule has 2 aromatic carbocycles. The van der Waals surface area contributed by atoms with Crippen molar-refractivity contribution in [3.63, 3.8) is 0 Å². The van der Waals surface area contributed by atoms with Crippen LogP contribution in [0.2, 0.25) is 0 Å². The Morgan fingerprint density at radius 1 is 1.09 bits per heavy atom. The quantitative estimate of drug-likeness (QED) is 0.311. The van der Waals surface area contributed by atoms with Gasteiger partial charge in [0.1, 0.15) is 23.9 Å². The van der Waals surface area contributed by atoms with Crippen molar-refractivity contribution in [1.82, 2.24) is 4.57 Å². The molecule has 0 saturated carbocycles. The molecule has 218 valence electrons. The molecule has 43 heavy (non-hydrogen) atoms. The molecule has 0 saturated heterocycles. The van der Waals surface area contributed by atoms with E-state index >= 15 is 0 Å². The molecule has 10 nitrogen and oxygen atoms in total. The van der Waals surface area contributed by atoms with E-state index in [1.54, 1.807) is 12.1 Å². The second-order valence-corrected chi connectivity index (χ2v) is 11.8. The Morgan fingerprint density at radius 3 is 2.58 bits per heavy atom. The van der Waals surface area contributed by atoms with Crippen LogP contribution in [-0.4, -0.2) is 41.9 Å². The first kappa shape index (κ1) is 28.3. The molecule has 2 aromatic heterocycles. The summed E-state index contributed by atoms with van der Waals surface area (Å²) in [6, 6.07) is 16.5. The maximum absolute atomic E-state index is 13.3. The average Bonchev–Trinajstić information content (AvgIpc) is 3.47. The number of carboxylic acids is 1. The highest BCUT2D eigenvalue weighted by atomic mass is 32.1. The molecule has 0 fully saturated rings. The Kier molecular flexibility index (Phi) is 7.75. The van der Waals surface area contributed by atoms with E-state index in [-0.39, 0.29) is 15.7 Å². The molecule has 4 aromatic rings. The van der Waals surface area contributed by atoms with E-state index in [0.29, 0.717) is 29.6 Å². The fourth-order valence-electron chi connectivity index (χ4n) is 5.41. The number of aliphatic carboxylic acids is 1. The van der Waals surface area contributed by atoms with Crippen molar-refractivity contribution in [2.24, 2.45) is 0 Å². The van der Waals surface area contributed by atoms with Gasteiger partial charge in [-0.3, -0.25) is 14.2 Å². The molecule has 12 heteroatoms. The predicted octanol–water partition coefficient (Wildman–Crippen LogP) is 3.38. The number of carbonyl (C=O) groups excluding carboxylic acids is 1. The Balaban J connectivity index is 1.49. The zero-order valence-corrected chi connectivity index (χ0v) is 24.6. The number of ether oxygens (including phenoxy) is 3. The van der Waals surface area contributed by atoms with Crippen LogP contribution in [0.25, 0.3) is 22.1 Å². The number of nitriles is 1. The van der Waals surface area contributed by atoms with Gasteiger partial charge in [0.05, 0.1) is 14.3 Å². The van der Waals surface area contributed by atoms with Crippen LogP contribution in [-0.2, 0) is 33.9 Å². The molecule has 0 amide bonds. The monoisotopic (exact) mass is 615 g/mol. The number of carboxylic acid groups (broad SMARTS) is 1. The molecule has 4 heterocycles. The number of nitrogens with zero attached hydrogens (tertiary/aromatic N) is 3. The van der Waals surface area contributed by atoms with Crippen LogP contribution in [0.4, 0.5) is 11.4 Å². The first-order valence-corrected chi connectivity index (χ1v) is 15.1. The topological polar surface area (TPSA) is 131 Å². The van der Waals surface area contributed by atoms with E-state index in [9.17, 15) is 24.8 Å². The Hall–Kier alpha value is -4.86. The van der Waals surface area contributed by atoms with E-state index in [0.717, 1.165) is 51.4 Å². The van der Waals surface area contributed by atoms with Gasteiger partial charge in [-0.25, -0.2) is 4.79 Å². The van der Waals surface area contributed by atoms with Gasteiger partial charge >= 0.3 is 5.97 Å². The lowest BCUT2D eigenvalue weighted by Gasteiger charge is -2.25. The summed E-state index contributed by atoms with van der Waals surface area (Å²) in [6.45, 7) is 3.30. The van der Waals surface area contributed by atoms with Crippen molar-refractivity contribution < 1.29 is 28.9 Å². The first-order chi connectivity index (χ1) is 20.9. The number of benzene rings is 2. The third-order valence-electron chi connectivity index (χ3n) is 7.30. The third-order valence-corrected chi connectivity index (χ3v) is 9.58. The van der Waals surface area contributed by atoms with Crippen LogP contribution in [0.3, 0.4) is 0 Å². The van der Waals surface area contributed by atoms with E-state index in [1.165, 1.54) is 28.2 Å². The van der Waals surface area contributed by atoms with E-state index in [4.69, 9.17) is 14.2 Å². The number of rotatable bonds is 7. The largest absolute Gasteiger partial charge is 0.485 e. The van der Waals surface area contributed by atoms with Crippen LogP contribution in [0, 0.1) is 11.3 Å². The summed E-state index contributed by atoms with van der Waals surface area (Å²) in [5.41, 5.74) is 4.65. The van der Waals surface area contributed by atoms with Crippen molar-refractivity contribution in [2.45, 2.75) is 26.5 Å². The summed E-state index contributed by atoms with van der Waals surface area (Å²) >= 11 is 2.23. The molecule has 2 aliphatic heterocycles. The van der Waals surface area contributed by atoms with Gasteiger partial charge in [0.2, 0.25) is 0 Å². The van der Waals surface area contributed by atoms with Gasteiger partial charge in [0, 0.05) is 17.9 Å². The average molecular weight is 616 g/mol. The Bertz CT molecular complexity index is 1980. The van der Waals surface area contributed by atoms with E-state index in [2.05, 4.69) is 54.3 Å². The molecule has 0 spiro atoms. The number of thiazole rings is 1. The summed E-state index contributed by atoms with van der Waals surface area (Å²) in [5.74, 6) is -0.407. The number of carbonyl (C=O) groups is 2. The van der Waals surface area contributed by atoms with Gasteiger partial charge in [-0.15, -0.1) is 22.7 Å². The van der Waals surface area contributed by atoms with Crippen LogP contribution in [0.15, 0.2) is 47.3 Å². The van der Waals surface area contributed by atoms with Crippen molar-refractivity contribution in [1.29, 1.82) is 5.26 Å². The highest BCUT2D eigenvalue weighted by molar-refractivity contribution is 7.17. The first-order valence-electron chi connectivity index (χ1n) is 13.5. The second-order valence-electron chi connectivity index (χ2n) is 9.70. The minimum Gasteiger partial charge on any atom is -0.485 e. The third kappa shape index (κ3) is 5.07. The van der Waals surface area contributed by atoms with Crippen LogP contribution < -0.4 is 29.1 Å². The predicted molar refractivity (Wildman–Crippen MR) is 162 cm³/mol. The molecule has 0 aliphatic carbocycles. The Morgan fingerprint density at radius 2 is 1.84 bits per heavy atom. The molecular formula is C31H25N3O7S2. The van der Waals surface area contributed by atoms with Crippen molar-refractivity contribution >= 4 is 58.1 Å². The normalized spacial score (nSPS) is 14.7. The lowest BCUT2D eigenvalue weighted by Crippen LogP contribution is -2.33. The van der Waals surface area contributed by atoms with Gasteiger partial charge in [-0.05, 0) is 60.7 Å². The van der Waals surface area contributed by atoms with Crippen molar-refractivity contribution in [3.05, 3.63) is 78.0 Å². The van der Waals surface area contributed by atoms with Crippen LogP contribution in [0.1, 0.15) is 22.9 Å². The lowest BCUT2D eigenvalue weighted by molar-refractivity contribution is -0.132. The summed E-state index contributed by atoms with van der Waals surface area (Å²) < 4.78 is 17.8. The molecule has 0 atom stereocenters. The van der Waals surface area contributed by atoms with Crippen molar-refractivity contribution in [2.75, 3.05) is 24.7 Å². The maximum atomic E-state index is 13.3. The SMILES string of the molecule is CCN1c2ccccc2CCc2cc(-c3sc(/C=c4/s/c(=C(\C#N)C(=O)O)n(COC=O)c4=O)c4c3OCCO4)ccc21. The van der Waals surface area contributed by atoms with Gasteiger partial charge in [0.15, 0.2) is 23.8 Å². The van der Waals surface area contributed by atoms with Crippen LogP contribution >= 0.6 is 22.7 Å². The number of fused-ring (bicyclic) bond motifs is 3. The fraction of sp³-hybridized carbons (Fsp3) is 0.226. The minimum atomic E-state index is -1.49. The second kappa shape index (κ2) is 11.8. The summed E-state index contributed by atoms with van der Waals surface area (Å²) in [6.07, 6.45) is 3.40. The number of hydrogen-bond acceptors (Lipinski definition) is 10.